The number of ether oxygens (including phenoxy) is 3. The standard InChI is InChI=1S/C28H32N6O6/c1-32(11-12-33-20-15-19(38-13-10-29)5-2-17(20)3-9-26(33)36)18-4-6-22-21(14-18)34(28(37)40-22)24-8-7-23-27(30-24)31-25(35)16-39-23/h2-3,5,7-9,15,18,21-22H,4,6,10-14,16,29H2,1H3,(H,30,31,35)/t18?,21-,22-/m1/s1. The summed E-state index contributed by atoms with van der Waals surface area (Å²) < 4.78 is 18.6. The van der Waals surface area contributed by atoms with Crippen LogP contribution in [0.1, 0.15) is 19.3 Å². The minimum absolute atomic E-state index is 0.0629. The SMILES string of the molecule is CN(CCn1c(=O)ccc2ccc(OCCN)cc21)C1CC[C@H]2OC(=O)N(c3ccc4c(n3)NC(=O)CO4)[C@@H]2C1. The fourth-order valence-corrected chi connectivity index (χ4v) is 5.79. The van der Waals surface area contributed by atoms with Crippen LogP contribution in [0.15, 0.2) is 47.3 Å². The van der Waals surface area contributed by atoms with E-state index in [1.54, 1.807) is 27.7 Å². The van der Waals surface area contributed by atoms with Crippen LogP contribution in [0.25, 0.3) is 10.9 Å². The van der Waals surface area contributed by atoms with Crippen molar-refractivity contribution in [1.82, 2.24) is 14.5 Å². The molecule has 2 amide bonds. The second-order valence-corrected chi connectivity index (χ2v) is 10.3. The molecule has 1 unspecified atom stereocenters. The molecular weight excluding hydrogens is 516 g/mol. The summed E-state index contributed by atoms with van der Waals surface area (Å²) in [5, 5.41) is 3.65. The number of rotatable bonds is 8. The van der Waals surface area contributed by atoms with E-state index in [9.17, 15) is 14.4 Å². The highest BCUT2D eigenvalue weighted by Gasteiger charge is 2.47. The maximum Gasteiger partial charge on any atom is 0.416 e. The minimum Gasteiger partial charge on any atom is -0.492 e. The molecular formula is C28H32N6O6. The number of nitrogens with two attached hydrogens (primary N) is 1. The van der Waals surface area contributed by atoms with E-state index in [1.165, 1.54) is 0 Å². The molecule has 2 aromatic heterocycles. The summed E-state index contributed by atoms with van der Waals surface area (Å²) >= 11 is 0. The van der Waals surface area contributed by atoms with Crippen LogP contribution in [-0.2, 0) is 16.1 Å². The smallest absolute Gasteiger partial charge is 0.416 e. The zero-order chi connectivity index (χ0) is 27.8. The van der Waals surface area contributed by atoms with Gasteiger partial charge in [-0.25, -0.2) is 9.78 Å². The minimum atomic E-state index is -0.441. The van der Waals surface area contributed by atoms with Gasteiger partial charge in [-0.1, -0.05) is 0 Å². The number of fused-ring (bicyclic) bond motifs is 3. The van der Waals surface area contributed by atoms with Gasteiger partial charge in [0.05, 0.1) is 11.6 Å². The molecule has 2 aliphatic heterocycles. The highest BCUT2D eigenvalue weighted by Crippen LogP contribution is 2.38. The summed E-state index contributed by atoms with van der Waals surface area (Å²) in [4.78, 5) is 45.8. The van der Waals surface area contributed by atoms with Gasteiger partial charge >= 0.3 is 6.09 Å². The molecule has 40 heavy (non-hydrogen) atoms. The molecule has 0 bridgehead atoms. The summed E-state index contributed by atoms with van der Waals surface area (Å²) in [5.41, 5.74) is 6.31. The highest BCUT2D eigenvalue weighted by atomic mass is 16.6. The van der Waals surface area contributed by atoms with Gasteiger partial charge in [-0.15, -0.1) is 0 Å². The number of benzene rings is 1. The maximum absolute atomic E-state index is 12.9. The van der Waals surface area contributed by atoms with Gasteiger partial charge in [0.15, 0.2) is 18.2 Å². The van der Waals surface area contributed by atoms with Crippen LogP contribution >= 0.6 is 0 Å². The van der Waals surface area contributed by atoms with Crippen molar-refractivity contribution in [1.29, 1.82) is 0 Å². The molecule has 1 aromatic carbocycles. The van der Waals surface area contributed by atoms with Crippen molar-refractivity contribution in [2.24, 2.45) is 5.73 Å². The first-order valence-corrected chi connectivity index (χ1v) is 13.5. The molecule has 3 atom stereocenters. The van der Waals surface area contributed by atoms with Crippen LogP contribution in [0.2, 0.25) is 0 Å². The van der Waals surface area contributed by atoms with Crippen molar-refractivity contribution in [3.63, 3.8) is 0 Å². The fraction of sp³-hybridized carbons (Fsp3) is 0.429. The average Bonchev–Trinajstić information content (AvgIpc) is 3.29. The molecule has 3 aromatic rings. The summed E-state index contributed by atoms with van der Waals surface area (Å²) in [6.45, 7) is 1.90. The van der Waals surface area contributed by atoms with E-state index in [0.29, 0.717) is 55.8 Å². The second kappa shape index (κ2) is 10.8. The van der Waals surface area contributed by atoms with Crippen molar-refractivity contribution in [2.45, 2.75) is 44.0 Å². The average molecular weight is 549 g/mol. The van der Waals surface area contributed by atoms with Gasteiger partial charge in [0.25, 0.3) is 11.5 Å². The summed E-state index contributed by atoms with van der Waals surface area (Å²) in [6, 6.07) is 12.5. The predicted octanol–water partition coefficient (Wildman–Crippen LogP) is 1.94. The van der Waals surface area contributed by atoms with Crippen molar-refractivity contribution in [2.75, 3.05) is 43.6 Å². The Bertz CT molecular complexity index is 1510. The Morgan fingerprint density at radius 1 is 1.15 bits per heavy atom. The Hall–Kier alpha value is -4.16. The van der Waals surface area contributed by atoms with Gasteiger partial charge in [-0.2, -0.15) is 0 Å². The van der Waals surface area contributed by atoms with Gasteiger partial charge in [0, 0.05) is 37.8 Å². The van der Waals surface area contributed by atoms with E-state index in [2.05, 4.69) is 15.2 Å². The number of carbonyl (C=O) groups is 2. The van der Waals surface area contributed by atoms with E-state index in [-0.39, 0.29) is 36.3 Å². The molecule has 3 N–H and O–H groups in total. The molecule has 0 spiro atoms. The molecule has 2 fully saturated rings. The number of hydrogen-bond donors (Lipinski definition) is 2. The van der Waals surface area contributed by atoms with Crippen LogP contribution in [0, 0.1) is 0 Å². The molecule has 12 heteroatoms. The third kappa shape index (κ3) is 4.95. The molecule has 3 aliphatic rings. The van der Waals surface area contributed by atoms with Crippen molar-refractivity contribution < 1.29 is 23.8 Å². The van der Waals surface area contributed by atoms with E-state index in [0.717, 1.165) is 23.7 Å². The van der Waals surface area contributed by atoms with Crippen LogP contribution in [0.4, 0.5) is 16.4 Å². The molecule has 6 rings (SSSR count). The monoisotopic (exact) mass is 548 g/mol. The quantitative estimate of drug-likeness (QED) is 0.432. The zero-order valence-electron chi connectivity index (χ0n) is 22.2. The third-order valence-corrected chi connectivity index (χ3v) is 7.87. The number of nitrogens with zero attached hydrogens (tertiary/aromatic N) is 4. The van der Waals surface area contributed by atoms with E-state index >= 15 is 0 Å². The van der Waals surface area contributed by atoms with Gasteiger partial charge in [-0.05, 0) is 62.0 Å². The molecule has 0 radical (unpaired) electrons. The molecule has 1 saturated heterocycles. The number of nitrogens with one attached hydrogen (secondary N) is 1. The number of hydrogen-bond acceptors (Lipinski definition) is 9. The molecule has 210 valence electrons. The number of aromatic nitrogens is 2. The van der Waals surface area contributed by atoms with Crippen molar-refractivity contribution >= 4 is 34.5 Å². The molecule has 1 aliphatic carbocycles. The predicted molar refractivity (Wildman–Crippen MR) is 148 cm³/mol. The molecule has 1 saturated carbocycles. The Kier molecular flexibility index (Phi) is 7.03. The normalized spacial score (nSPS) is 22.0. The molecule has 4 heterocycles. The maximum atomic E-state index is 12.9. The second-order valence-electron chi connectivity index (χ2n) is 10.3. The van der Waals surface area contributed by atoms with Crippen LogP contribution in [0.5, 0.6) is 11.5 Å². The van der Waals surface area contributed by atoms with E-state index in [4.69, 9.17) is 19.9 Å². The van der Waals surface area contributed by atoms with Gasteiger partial charge < -0.3 is 34.7 Å². The summed E-state index contributed by atoms with van der Waals surface area (Å²) in [7, 11) is 2.04. The largest absolute Gasteiger partial charge is 0.492 e. The topological polar surface area (TPSA) is 141 Å². The summed E-state index contributed by atoms with van der Waals surface area (Å²) in [6.07, 6.45) is 1.61. The third-order valence-electron chi connectivity index (χ3n) is 7.87. The Morgan fingerprint density at radius 2 is 2.00 bits per heavy atom. The van der Waals surface area contributed by atoms with E-state index in [1.807, 2.05) is 31.3 Å². The van der Waals surface area contributed by atoms with Crippen LogP contribution in [0.3, 0.4) is 0 Å². The first-order chi connectivity index (χ1) is 19.4. The van der Waals surface area contributed by atoms with Crippen molar-refractivity contribution in [3.05, 3.63) is 52.8 Å². The number of amides is 2. The lowest BCUT2D eigenvalue weighted by Crippen LogP contribution is -2.48. The lowest BCUT2D eigenvalue weighted by Gasteiger charge is -2.37. The first-order valence-electron chi connectivity index (χ1n) is 13.5. The number of anilines is 2. The lowest BCUT2D eigenvalue weighted by molar-refractivity contribution is -0.118. The fourth-order valence-electron chi connectivity index (χ4n) is 5.79. The van der Waals surface area contributed by atoms with Crippen LogP contribution < -0.4 is 31.0 Å². The zero-order valence-corrected chi connectivity index (χ0v) is 22.2. The Labute approximate surface area is 230 Å². The summed E-state index contributed by atoms with van der Waals surface area (Å²) in [5.74, 6) is 1.57. The Balaban J connectivity index is 1.17. The first kappa shape index (κ1) is 26.1. The number of likely N-dealkylation sites (N-methyl/N-ethyl adjacent to an activating group) is 1. The van der Waals surface area contributed by atoms with Crippen molar-refractivity contribution in [3.8, 4) is 11.5 Å². The van der Waals surface area contributed by atoms with Crippen LogP contribution in [-0.4, -0.2) is 78.0 Å². The van der Waals surface area contributed by atoms with Gasteiger partial charge in [-0.3, -0.25) is 14.5 Å². The van der Waals surface area contributed by atoms with Gasteiger partial charge in [0.2, 0.25) is 0 Å². The lowest BCUT2D eigenvalue weighted by atomic mass is 9.87. The molecule has 12 nitrogen and oxygen atoms in total. The number of pyridine rings is 2. The van der Waals surface area contributed by atoms with Gasteiger partial charge in [0.1, 0.15) is 24.3 Å². The van der Waals surface area contributed by atoms with E-state index < -0.39 is 6.09 Å². The number of carbonyl (C=O) groups excluding carboxylic acids is 2. The Morgan fingerprint density at radius 3 is 2.85 bits per heavy atom. The highest BCUT2D eigenvalue weighted by molar-refractivity contribution is 5.95.